The van der Waals surface area contributed by atoms with Crippen molar-refractivity contribution in [2.75, 3.05) is 45.9 Å². The van der Waals surface area contributed by atoms with Gasteiger partial charge in [-0.05, 0) is 63.1 Å². The Balaban J connectivity index is 1.45. The molecular formula is C17H31N3O2. The van der Waals surface area contributed by atoms with Gasteiger partial charge in [0.05, 0.1) is 0 Å². The Morgan fingerprint density at radius 3 is 2.36 bits per heavy atom. The van der Waals surface area contributed by atoms with Gasteiger partial charge < -0.3 is 20.2 Å². The van der Waals surface area contributed by atoms with E-state index in [2.05, 4.69) is 10.2 Å². The predicted molar refractivity (Wildman–Crippen MR) is 86.5 cm³/mol. The molecular weight excluding hydrogens is 278 g/mol. The molecule has 0 unspecified atom stereocenters. The molecule has 0 aromatic heterocycles. The maximum atomic E-state index is 11.4. The van der Waals surface area contributed by atoms with E-state index in [0.29, 0.717) is 24.5 Å². The molecule has 3 fully saturated rings. The molecule has 3 aliphatic heterocycles. The van der Waals surface area contributed by atoms with Gasteiger partial charge in [-0.25, -0.2) is 0 Å². The molecule has 5 heteroatoms. The summed E-state index contributed by atoms with van der Waals surface area (Å²) >= 11 is 0. The molecule has 0 spiro atoms. The quantitative estimate of drug-likeness (QED) is 0.799. The molecule has 3 saturated heterocycles. The Morgan fingerprint density at radius 2 is 1.77 bits per heavy atom. The minimum Gasteiger partial charge on any atom is -0.396 e. The number of hydrogen-bond acceptors (Lipinski definition) is 4. The third-order valence-corrected chi connectivity index (χ3v) is 6.23. The average molecular weight is 309 g/mol. The molecule has 22 heavy (non-hydrogen) atoms. The molecule has 0 aromatic carbocycles. The number of nitrogens with one attached hydrogen (secondary N) is 1. The smallest absolute Gasteiger partial charge is 0.219 e. The van der Waals surface area contributed by atoms with Crippen molar-refractivity contribution < 1.29 is 9.90 Å². The molecule has 3 rings (SSSR count). The highest BCUT2D eigenvalue weighted by Gasteiger charge is 2.36. The van der Waals surface area contributed by atoms with Crippen LogP contribution in [0, 0.1) is 17.8 Å². The van der Waals surface area contributed by atoms with Crippen LogP contribution in [-0.4, -0.2) is 72.7 Å². The van der Waals surface area contributed by atoms with Gasteiger partial charge in [-0.2, -0.15) is 0 Å². The summed E-state index contributed by atoms with van der Waals surface area (Å²) in [7, 11) is 0. The van der Waals surface area contributed by atoms with Crippen molar-refractivity contribution in [2.24, 2.45) is 17.8 Å². The maximum Gasteiger partial charge on any atom is 0.219 e. The Labute approximate surface area is 134 Å². The highest BCUT2D eigenvalue weighted by atomic mass is 16.3. The van der Waals surface area contributed by atoms with Crippen molar-refractivity contribution >= 4 is 5.91 Å². The molecule has 3 heterocycles. The van der Waals surface area contributed by atoms with Crippen LogP contribution in [0.2, 0.25) is 0 Å². The van der Waals surface area contributed by atoms with Gasteiger partial charge in [-0.3, -0.25) is 4.79 Å². The van der Waals surface area contributed by atoms with Gasteiger partial charge >= 0.3 is 0 Å². The molecule has 126 valence electrons. The first-order valence-electron chi connectivity index (χ1n) is 9.00. The number of likely N-dealkylation sites (tertiary alicyclic amines) is 2. The molecule has 0 bridgehead atoms. The molecule has 0 radical (unpaired) electrons. The van der Waals surface area contributed by atoms with E-state index >= 15 is 0 Å². The maximum absolute atomic E-state index is 11.4. The summed E-state index contributed by atoms with van der Waals surface area (Å²) in [5, 5.41) is 13.0. The summed E-state index contributed by atoms with van der Waals surface area (Å²) in [6.45, 7) is 8.35. The fourth-order valence-corrected chi connectivity index (χ4v) is 4.76. The van der Waals surface area contributed by atoms with Crippen LogP contribution in [0.5, 0.6) is 0 Å². The fraction of sp³-hybridized carbons (Fsp3) is 0.941. The third kappa shape index (κ3) is 3.47. The molecule has 0 aromatic rings. The topological polar surface area (TPSA) is 55.8 Å². The summed E-state index contributed by atoms with van der Waals surface area (Å²) in [5.41, 5.74) is 0. The molecule has 0 aliphatic carbocycles. The standard InChI is InChI=1S/C17H31N3O2/c1-13(22)19-8-4-16(5-9-19)20-6-2-14(3-7-20)17-11-18-10-15(17)12-21/h14-18,21H,2-12H2,1H3/t15-,17-/m0/s1. The third-order valence-electron chi connectivity index (χ3n) is 6.23. The Hall–Kier alpha value is -0.650. The first-order chi connectivity index (χ1) is 10.7. The van der Waals surface area contributed by atoms with Crippen molar-refractivity contribution in [3.05, 3.63) is 0 Å². The van der Waals surface area contributed by atoms with Gasteiger partial charge in [-0.1, -0.05) is 0 Å². The zero-order valence-corrected chi connectivity index (χ0v) is 13.8. The van der Waals surface area contributed by atoms with E-state index in [4.69, 9.17) is 0 Å². The monoisotopic (exact) mass is 309 g/mol. The van der Waals surface area contributed by atoms with E-state index < -0.39 is 0 Å². The lowest BCUT2D eigenvalue weighted by atomic mass is 9.78. The van der Waals surface area contributed by atoms with Crippen LogP contribution in [0.4, 0.5) is 0 Å². The zero-order chi connectivity index (χ0) is 15.5. The zero-order valence-electron chi connectivity index (χ0n) is 13.8. The normalized spacial score (nSPS) is 32.5. The minimum absolute atomic E-state index is 0.223. The van der Waals surface area contributed by atoms with Crippen molar-refractivity contribution in [3.8, 4) is 0 Å². The van der Waals surface area contributed by atoms with Crippen molar-refractivity contribution in [2.45, 2.75) is 38.6 Å². The number of amides is 1. The van der Waals surface area contributed by atoms with Crippen LogP contribution in [0.15, 0.2) is 0 Å². The largest absolute Gasteiger partial charge is 0.396 e. The highest BCUT2D eigenvalue weighted by molar-refractivity contribution is 5.73. The molecule has 2 N–H and O–H groups in total. The molecule has 5 nitrogen and oxygen atoms in total. The number of hydrogen-bond donors (Lipinski definition) is 2. The number of rotatable bonds is 3. The fourth-order valence-electron chi connectivity index (χ4n) is 4.76. The van der Waals surface area contributed by atoms with Crippen LogP contribution in [0.1, 0.15) is 32.6 Å². The highest BCUT2D eigenvalue weighted by Crippen LogP contribution is 2.33. The van der Waals surface area contributed by atoms with Crippen LogP contribution < -0.4 is 5.32 Å². The van der Waals surface area contributed by atoms with E-state index in [1.165, 1.54) is 25.9 Å². The van der Waals surface area contributed by atoms with Gasteiger partial charge in [0, 0.05) is 39.2 Å². The SMILES string of the molecule is CC(=O)N1CCC(N2CCC([C@@H]3CNC[C@H]3CO)CC2)CC1. The van der Waals surface area contributed by atoms with E-state index in [-0.39, 0.29) is 5.91 Å². The van der Waals surface area contributed by atoms with Crippen LogP contribution in [0.3, 0.4) is 0 Å². The van der Waals surface area contributed by atoms with E-state index in [9.17, 15) is 9.90 Å². The Morgan fingerprint density at radius 1 is 1.09 bits per heavy atom. The van der Waals surface area contributed by atoms with Gasteiger partial charge in [0.25, 0.3) is 0 Å². The summed E-state index contributed by atoms with van der Waals surface area (Å²) in [6, 6.07) is 0.673. The Bertz CT molecular complexity index is 374. The van der Waals surface area contributed by atoms with Gasteiger partial charge in [0.2, 0.25) is 5.91 Å². The van der Waals surface area contributed by atoms with Gasteiger partial charge in [-0.15, -0.1) is 0 Å². The van der Waals surface area contributed by atoms with E-state index in [1.807, 2.05) is 4.90 Å². The lowest BCUT2D eigenvalue weighted by Gasteiger charge is -2.43. The minimum atomic E-state index is 0.223. The number of carbonyl (C=O) groups excluding carboxylic acids is 1. The van der Waals surface area contributed by atoms with Crippen LogP contribution in [-0.2, 0) is 4.79 Å². The summed E-state index contributed by atoms with van der Waals surface area (Å²) in [4.78, 5) is 16.1. The number of aliphatic hydroxyl groups excluding tert-OH is 1. The first-order valence-corrected chi connectivity index (χ1v) is 9.00. The van der Waals surface area contributed by atoms with Crippen molar-refractivity contribution in [1.82, 2.24) is 15.1 Å². The summed E-state index contributed by atoms with van der Waals surface area (Å²) in [6.07, 6.45) is 4.81. The predicted octanol–water partition coefficient (Wildman–Crippen LogP) is 0.537. The molecule has 0 saturated carbocycles. The molecule has 2 atom stereocenters. The van der Waals surface area contributed by atoms with E-state index in [0.717, 1.165) is 44.9 Å². The second kappa shape index (κ2) is 7.28. The molecule has 3 aliphatic rings. The van der Waals surface area contributed by atoms with Crippen molar-refractivity contribution in [1.29, 1.82) is 0 Å². The lowest BCUT2D eigenvalue weighted by Crippen LogP contribution is -2.49. The molecule has 1 amide bonds. The number of nitrogens with zero attached hydrogens (tertiary/aromatic N) is 2. The average Bonchev–Trinajstić information content (AvgIpc) is 3.04. The van der Waals surface area contributed by atoms with Crippen LogP contribution >= 0.6 is 0 Å². The first kappa shape index (κ1) is 16.2. The van der Waals surface area contributed by atoms with Crippen molar-refractivity contribution in [3.63, 3.8) is 0 Å². The van der Waals surface area contributed by atoms with Gasteiger partial charge in [0.15, 0.2) is 0 Å². The lowest BCUT2D eigenvalue weighted by molar-refractivity contribution is -0.130. The van der Waals surface area contributed by atoms with Gasteiger partial charge in [0.1, 0.15) is 0 Å². The summed E-state index contributed by atoms with van der Waals surface area (Å²) in [5.74, 6) is 2.14. The number of carbonyl (C=O) groups is 1. The second-order valence-corrected chi connectivity index (χ2v) is 7.38. The van der Waals surface area contributed by atoms with Crippen LogP contribution in [0.25, 0.3) is 0 Å². The second-order valence-electron chi connectivity index (χ2n) is 7.38. The number of aliphatic hydroxyl groups is 1. The summed E-state index contributed by atoms with van der Waals surface area (Å²) < 4.78 is 0. The Kier molecular flexibility index (Phi) is 5.37. The van der Waals surface area contributed by atoms with E-state index in [1.54, 1.807) is 6.92 Å². The number of piperidine rings is 2.